The molecule has 21 heavy (non-hydrogen) atoms. The van der Waals surface area contributed by atoms with Gasteiger partial charge in [0.25, 0.3) is 0 Å². The number of nitrogens with one attached hydrogen (secondary N) is 1. The zero-order chi connectivity index (χ0) is 14.8. The summed E-state index contributed by atoms with van der Waals surface area (Å²) < 4.78 is 5.18. The highest BCUT2D eigenvalue weighted by Crippen LogP contribution is 2.32. The Morgan fingerprint density at radius 2 is 1.86 bits per heavy atom. The molecule has 0 aliphatic carbocycles. The highest BCUT2D eigenvalue weighted by Gasteiger charge is 2.28. The molecule has 0 fully saturated rings. The molecule has 1 unspecified atom stereocenters. The average molecular weight is 282 g/mol. The number of benzene rings is 2. The van der Waals surface area contributed by atoms with E-state index in [2.05, 4.69) is 10.2 Å². The molecule has 0 spiro atoms. The van der Waals surface area contributed by atoms with Crippen LogP contribution in [0.3, 0.4) is 0 Å². The molecule has 108 valence electrons. The molecule has 1 atom stereocenters. The van der Waals surface area contributed by atoms with Crippen molar-refractivity contribution in [3.63, 3.8) is 0 Å². The molecule has 1 aliphatic rings. The van der Waals surface area contributed by atoms with Gasteiger partial charge in [-0.2, -0.15) is 0 Å². The van der Waals surface area contributed by atoms with Crippen LogP contribution in [0.2, 0.25) is 0 Å². The predicted molar refractivity (Wildman–Crippen MR) is 83.7 cm³/mol. The van der Waals surface area contributed by atoms with Crippen molar-refractivity contribution in [3.8, 4) is 5.75 Å². The third-order valence-corrected chi connectivity index (χ3v) is 3.83. The van der Waals surface area contributed by atoms with Crippen LogP contribution in [0.15, 0.2) is 48.5 Å². The zero-order valence-electron chi connectivity index (χ0n) is 12.2. The molecule has 0 bridgehead atoms. The lowest BCUT2D eigenvalue weighted by Crippen LogP contribution is -2.45. The van der Waals surface area contributed by atoms with E-state index in [0.717, 1.165) is 22.7 Å². The Morgan fingerprint density at radius 1 is 1.14 bits per heavy atom. The number of para-hydroxylation sites is 2. The molecule has 1 amide bonds. The lowest BCUT2D eigenvalue weighted by Gasteiger charge is -2.36. The third-order valence-electron chi connectivity index (χ3n) is 3.83. The van der Waals surface area contributed by atoms with Gasteiger partial charge in [0.1, 0.15) is 11.8 Å². The average Bonchev–Trinajstić information content (AvgIpc) is 2.52. The molecule has 0 saturated carbocycles. The maximum atomic E-state index is 12.1. The number of amides is 1. The van der Waals surface area contributed by atoms with Crippen LogP contribution < -0.4 is 15.0 Å². The summed E-state index contributed by atoms with van der Waals surface area (Å²) in [7, 11) is 1.66. The fourth-order valence-corrected chi connectivity index (χ4v) is 2.57. The molecular weight excluding hydrogens is 264 g/mol. The van der Waals surface area contributed by atoms with Gasteiger partial charge in [-0.25, -0.2) is 0 Å². The summed E-state index contributed by atoms with van der Waals surface area (Å²) in [4.78, 5) is 14.2. The molecule has 1 N–H and O–H groups in total. The number of anilines is 2. The Balaban J connectivity index is 1.90. The van der Waals surface area contributed by atoms with Crippen LogP contribution in [-0.4, -0.2) is 19.1 Å². The minimum atomic E-state index is -0.193. The Labute approximate surface area is 124 Å². The number of hydrogen-bond acceptors (Lipinski definition) is 3. The van der Waals surface area contributed by atoms with Gasteiger partial charge in [-0.3, -0.25) is 4.79 Å². The van der Waals surface area contributed by atoms with E-state index in [1.54, 1.807) is 7.11 Å². The Kier molecular flexibility index (Phi) is 3.52. The number of carbonyl (C=O) groups excluding carboxylic acids is 1. The molecule has 1 aliphatic heterocycles. The largest absolute Gasteiger partial charge is 0.497 e. The van der Waals surface area contributed by atoms with Crippen molar-refractivity contribution in [1.82, 2.24) is 0 Å². The van der Waals surface area contributed by atoms with Crippen LogP contribution in [0.5, 0.6) is 5.75 Å². The summed E-state index contributed by atoms with van der Waals surface area (Å²) in [6.45, 7) is 2.62. The Bertz CT molecular complexity index is 652. The highest BCUT2D eigenvalue weighted by molar-refractivity contribution is 6.03. The van der Waals surface area contributed by atoms with E-state index in [9.17, 15) is 4.79 Å². The number of carbonyl (C=O) groups is 1. The van der Waals surface area contributed by atoms with Gasteiger partial charge < -0.3 is 15.0 Å². The first kappa shape index (κ1) is 13.5. The lowest BCUT2D eigenvalue weighted by molar-refractivity contribution is -0.117. The van der Waals surface area contributed by atoms with Crippen LogP contribution in [0.4, 0.5) is 11.4 Å². The van der Waals surface area contributed by atoms with E-state index in [1.807, 2.05) is 55.5 Å². The number of nitrogens with zero attached hydrogens (tertiary/aromatic N) is 1. The first-order valence-electron chi connectivity index (χ1n) is 6.98. The van der Waals surface area contributed by atoms with E-state index in [0.29, 0.717) is 6.54 Å². The molecule has 4 heteroatoms. The van der Waals surface area contributed by atoms with Crippen molar-refractivity contribution < 1.29 is 9.53 Å². The number of ether oxygens (including phenoxy) is 1. The molecule has 0 saturated heterocycles. The minimum absolute atomic E-state index is 0.0298. The van der Waals surface area contributed by atoms with Gasteiger partial charge in [-0.1, -0.05) is 24.3 Å². The van der Waals surface area contributed by atoms with Gasteiger partial charge in [0.2, 0.25) is 5.91 Å². The normalized spacial score (nSPS) is 17.1. The number of hydrogen-bond donors (Lipinski definition) is 1. The molecule has 0 radical (unpaired) electrons. The highest BCUT2D eigenvalue weighted by atomic mass is 16.5. The van der Waals surface area contributed by atoms with E-state index < -0.39 is 0 Å². The summed E-state index contributed by atoms with van der Waals surface area (Å²) in [5, 5.41) is 2.94. The third kappa shape index (κ3) is 2.57. The van der Waals surface area contributed by atoms with Crippen LogP contribution in [0, 0.1) is 0 Å². The SMILES string of the molecule is COc1ccc(CN2c3ccccc3NC(=O)C2C)cc1. The van der Waals surface area contributed by atoms with E-state index in [-0.39, 0.29) is 11.9 Å². The van der Waals surface area contributed by atoms with Crippen LogP contribution in [0.25, 0.3) is 0 Å². The fourth-order valence-electron chi connectivity index (χ4n) is 2.57. The van der Waals surface area contributed by atoms with Crippen LogP contribution in [0.1, 0.15) is 12.5 Å². The quantitative estimate of drug-likeness (QED) is 0.940. The molecule has 4 nitrogen and oxygen atoms in total. The number of fused-ring (bicyclic) bond motifs is 1. The molecular formula is C17H18N2O2. The van der Waals surface area contributed by atoms with Gasteiger partial charge in [0.15, 0.2) is 0 Å². The minimum Gasteiger partial charge on any atom is -0.497 e. The molecule has 0 aromatic heterocycles. The van der Waals surface area contributed by atoms with Crippen molar-refractivity contribution in [2.24, 2.45) is 0 Å². The van der Waals surface area contributed by atoms with Crippen molar-refractivity contribution in [3.05, 3.63) is 54.1 Å². The van der Waals surface area contributed by atoms with E-state index in [1.165, 1.54) is 0 Å². The van der Waals surface area contributed by atoms with Crippen molar-refractivity contribution in [1.29, 1.82) is 0 Å². The smallest absolute Gasteiger partial charge is 0.246 e. The second kappa shape index (κ2) is 5.48. The summed E-state index contributed by atoms with van der Waals surface area (Å²) in [6, 6.07) is 15.6. The van der Waals surface area contributed by atoms with Crippen LogP contribution >= 0.6 is 0 Å². The fraction of sp³-hybridized carbons (Fsp3) is 0.235. The molecule has 1 heterocycles. The molecule has 2 aromatic rings. The number of rotatable bonds is 3. The second-order valence-corrected chi connectivity index (χ2v) is 5.16. The Morgan fingerprint density at radius 3 is 2.57 bits per heavy atom. The zero-order valence-corrected chi connectivity index (χ0v) is 12.2. The summed E-state index contributed by atoms with van der Waals surface area (Å²) in [5.41, 5.74) is 3.07. The second-order valence-electron chi connectivity index (χ2n) is 5.16. The monoisotopic (exact) mass is 282 g/mol. The molecule has 2 aromatic carbocycles. The van der Waals surface area contributed by atoms with Gasteiger partial charge in [-0.15, -0.1) is 0 Å². The van der Waals surface area contributed by atoms with Gasteiger partial charge in [0.05, 0.1) is 18.5 Å². The predicted octanol–water partition coefficient (Wildman–Crippen LogP) is 3.04. The standard InChI is InChI=1S/C17H18N2O2/c1-12-17(20)18-15-5-3-4-6-16(15)19(12)11-13-7-9-14(21-2)10-8-13/h3-10,12H,11H2,1-2H3,(H,18,20). The van der Waals surface area contributed by atoms with Crippen molar-refractivity contribution in [2.45, 2.75) is 19.5 Å². The lowest BCUT2D eigenvalue weighted by atomic mass is 10.1. The summed E-state index contributed by atoms with van der Waals surface area (Å²) >= 11 is 0. The first-order valence-corrected chi connectivity index (χ1v) is 6.98. The first-order chi connectivity index (χ1) is 10.2. The van der Waals surface area contributed by atoms with Gasteiger partial charge in [-0.05, 0) is 36.8 Å². The maximum Gasteiger partial charge on any atom is 0.246 e. The maximum absolute atomic E-state index is 12.1. The van der Waals surface area contributed by atoms with Gasteiger partial charge in [0, 0.05) is 6.54 Å². The number of methoxy groups -OCH3 is 1. The Hall–Kier alpha value is -2.49. The van der Waals surface area contributed by atoms with Crippen molar-refractivity contribution in [2.75, 3.05) is 17.3 Å². The topological polar surface area (TPSA) is 41.6 Å². The van der Waals surface area contributed by atoms with Gasteiger partial charge >= 0.3 is 0 Å². The summed E-state index contributed by atoms with van der Waals surface area (Å²) in [5.74, 6) is 0.866. The van der Waals surface area contributed by atoms with Crippen molar-refractivity contribution >= 4 is 17.3 Å². The van der Waals surface area contributed by atoms with Crippen LogP contribution in [-0.2, 0) is 11.3 Å². The summed E-state index contributed by atoms with van der Waals surface area (Å²) in [6.07, 6.45) is 0. The molecule has 3 rings (SSSR count). The van der Waals surface area contributed by atoms with E-state index >= 15 is 0 Å². The van der Waals surface area contributed by atoms with E-state index in [4.69, 9.17) is 4.74 Å².